The number of H-pyrrole nitrogens is 1. The van der Waals surface area contributed by atoms with Crippen molar-refractivity contribution in [3.8, 4) is 5.75 Å². The molecule has 1 aromatic heterocycles. The number of aryl methyl sites for hydroxylation is 1. The SMILES string of the molecule is CCc1c[nH]c2ccc(OC)cc12.O=CO. The molecule has 0 bridgehead atoms. The summed E-state index contributed by atoms with van der Waals surface area (Å²) in [5.74, 6) is 0.918. The summed E-state index contributed by atoms with van der Waals surface area (Å²) in [5.41, 5.74) is 2.52. The standard InChI is InChI=1S/C11H13NO.CH2O2/c1-3-8-7-12-11-5-4-9(13-2)6-10(8)11;2-1-3/h4-7,12H,3H2,1-2H3;1H,(H,2,3). The molecule has 0 saturated heterocycles. The van der Waals surface area contributed by atoms with E-state index in [1.807, 2.05) is 12.1 Å². The molecule has 16 heavy (non-hydrogen) atoms. The molecular weight excluding hydrogens is 206 g/mol. The lowest BCUT2D eigenvalue weighted by Crippen LogP contribution is -1.82. The second kappa shape index (κ2) is 5.80. The molecule has 1 aromatic carbocycles. The fraction of sp³-hybridized carbons (Fsp3) is 0.250. The number of carboxylic acid groups (broad SMARTS) is 1. The molecule has 2 rings (SSSR count). The number of aromatic nitrogens is 1. The van der Waals surface area contributed by atoms with E-state index in [9.17, 15) is 0 Å². The predicted octanol–water partition coefficient (Wildman–Crippen LogP) is 2.44. The zero-order valence-corrected chi connectivity index (χ0v) is 9.36. The molecule has 0 unspecified atom stereocenters. The van der Waals surface area contributed by atoms with Gasteiger partial charge in [-0.15, -0.1) is 0 Å². The number of nitrogens with one attached hydrogen (secondary N) is 1. The van der Waals surface area contributed by atoms with Crippen LogP contribution < -0.4 is 4.74 Å². The van der Waals surface area contributed by atoms with Crippen molar-refractivity contribution in [3.63, 3.8) is 0 Å². The first kappa shape index (κ1) is 12.1. The Bertz CT molecular complexity index is 462. The highest BCUT2D eigenvalue weighted by Gasteiger charge is 2.02. The Morgan fingerprint density at radius 3 is 2.75 bits per heavy atom. The smallest absolute Gasteiger partial charge is 0.290 e. The van der Waals surface area contributed by atoms with Crippen LogP contribution in [0.1, 0.15) is 12.5 Å². The molecule has 0 atom stereocenters. The highest BCUT2D eigenvalue weighted by Crippen LogP contribution is 2.23. The van der Waals surface area contributed by atoms with Gasteiger partial charge in [-0.25, -0.2) is 0 Å². The molecule has 4 heteroatoms. The molecule has 4 nitrogen and oxygen atoms in total. The van der Waals surface area contributed by atoms with Crippen LogP contribution in [0.5, 0.6) is 5.75 Å². The zero-order valence-electron chi connectivity index (χ0n) is 9.36. The molecule has 0 aliphatic rings. The van der Waals surface area contributed by atoms with Gasteiger partial charge in [-0.2, -0.15) is 0 Å². The van der Waals surface area contributed by atoms with E-state index >= 15 is 0 Å². The molecule has 2 N–H and O–H groups in total. The third-order valence-electron chi connectivity index (χ3n) is 2.36. The van der Waals surface area contributed by atoms with E-state index in [1.165, 1.54) is 16.5 Å². The van der Waals surface area contributed by atoms with Gasteiger partial charge >= 0.3 is 0 Å². The molecule has 86 valence electrons. The Hall–Kier alpha value is -1.97. The first-order valence-electron chi connectivity index (χ1n) is 4.98. The fourth-order valence-electron chi connectivity index (χ4n) is 1.58. The predicted molar refractivity (Wildman–Crippen MR) is 62.9 cm³/mol. The Morgan fingerprint density at radius 1 is 1.50 bits per heavy atom. The Balaban J connectivity index is 0.000000386. The van der Waals surface area contributed by atoms with E-state index in [4.69, 9.17) is 14.6 Å². The molecule has 0 radical (unpaired) electrons. The highest BCUT2D eigenvalue weighted by atomic mass is 16.5. The minimum Gasteiger partial charge on any atom is -0.497 e. The van der Waals surface area contributed by atoms with Gasteiger partial charge in [0.2, 0.25) is 0 Å². The van der Waals surface area contributed by atoms with E-state index < -0.39 is 0 Å². The van der Waals surface area contributed by atoms with Crippen LogP contribution >= 0.6 is 0 Å². The number of carbonyl (C=O) groups is 1. The average Bonchev–Trinajstić information content (AvgIpc) is 2.71. The van der Waals surface area contributed by atoms with Crippen molar-refractivity contribution in [2.24, 2.45) is 0 Å². The molecule has 1 heterocycles. The summed E-state index contributed by atoms with van der Waals surface area (Å²) < 4.78 is 5.18. The van der Waals surface area contributed by atoms with Gasteiger partial charge in [-0.3, -0.25) is 4.79 Å². The zero-order chi connectivity index (χ0) is 12.0. The van der Waals surface area contributed by atoms with Crippen molar-refractivity contribution in [1.29, 1.82) is 0 Å². The van der Waals surface area contributed by atoms with Gasteiger partial charge in [0.05, 0.1) is 7.11 Å². The first-order valence-corrected chi connectivity index (χ1v) is 4.98. The lowest BCUT2D eigenvalue weighted by molar-refractivity contribution is -0.122. The van der Waals surface area contributed by atoms with Crippen molar-refractivity contribution in [2.75, 3.05) is 7.11 Å². The summed E-state index contributed by atoms with van der Waals surface area (Å²) in [6.07, 6.45) is 3.11. The number of methoxy groups -OCH3 is 1. The van der Waals surface area contributed by atoms with Gasteiger partial charge in [-0.1, -0.05) is 6.92 Å². The minimum absolute atomic E-state index is 0.250. The Labute approximate surface area is 93.9 Å². The van der Waals surface area contributed by atoms with E-state index in [0.717, 1.165) is 12.2 Å². The first-order chi connectivity index (χ1) is 7.76. The summed E-state index contributed by atoms with van der Waals surface area (Å²) in [6, 6.07) is 6.09. The minimum atomic E-state index is -0.250. The Kier molecular flexibility index (Phi) is 4.39. The number of rotatable bonds is 2. The maximum atomic E-state index is 8.36. The summed E-state index contributed by atoms with van der Waals surface area (Å²) in [7, 11) is 1.69. The molecule has 2 aromatic rings. The van der Waals surface area contributed by atoms with Crippen LogP contribution in [0.2, 0.25) is 0 Å². The van der Waals surface area contributed by atoms with Gasteiger partial charge in [0.15, 0.2) is 0 Å². The van der Waals surface area contributed by atoms with E-state index in [1.54, 1.807) is 7.11 Å². The molecule has 0 amide bonds. The molecular formula is C12H15NO3. The van der Waals surface area contributed by atoms with Crippen molar-refractivity contribution in [2.45, 2.75) is 13.3 Å². The fourth-order valence-corrected chi connectivity index (χ4v) is 1.58. The monoisotopic (exact) mass is 221 g/mol. The van der Waals surface area contributed by atoms with Crippen molar-refractivity contribution < 1.29 is 14.6 Å². The quantitative estimate of drug-likeness (QED) is 0.765. The maximum Gasteiger partial charge on any atom is 0.290 e. The molecule has 0 fully saturated rings. The van der Waals surface area contributed by atoms with Gasteiger partial charge in [0.25, 0.3) is 6.47 Å². The summed E-state index contributed by atoms with van der Waals surface area (Å²) >= 11 is 0. The van der Waals surface area contributed by atoms with Gasteiger partial charge in [-0.05, 0) is 30.2 Å². The second-order valence-electron chi connectivity index (χ2n) is 3.18. The number of aromatic amines is 1. The number of benzene rings is 1. The van der Waals surface area contributed by atoms with Gasteiger partial charge in [0, 0.05) is 17.1 Å². The summed E-state index contributed by atoms with van der Waals surface area (Å²) in [4.78, 5) is 11.6. The van der Waals surface area contributed by atoms with Crippen molar-refractivity contribution >= 4 is 17.4 Å². The number of hydrogen-bond donors (Lipinski definition) is 2. The third kappa shape index (κ3) is 2.53. The highest BCUT2D eigenvalue weighted by molar-refractivity contribution is 5.84. The van der Waals surface area contributed by atoms with Gasteiger partial charge < -0.3 is 14.8 Å². The normalized spacial score (nSPS) is 9.38. The third-order valence-corrected chi connectivity index (χ3v) is 2.36. The maximum absolute atomic E-state index is 8.36. The van der Waals surface area contributed by atoms with Crippen LogP contribution in [0, 0.1) is 0 Å². The lowest BCUT2D eigenvalue weighted by Gasteiger charge is -1.99. The van der Waals surface area contributed by atoms with E-state index in [-0.39, 0.29) is 6.47 Å². The molecule has 0 spiro atoms. The molecule has 0 saturated carbocycles. The van der Waals surface area contributed by atoms with Gasteiger partial charge in [0.1, 0.15) is 5.75 Å². The van der Waals surface area contributed by atoms with Crippen molar-refractivity contribution in [3.05, 3.63) is 30.0 Å². The Morgan fingerprint density at radius 2 is 2.19 bits per heavy atom. The molecule has 0 aliphatic carbocycles. The average molecular weight is 221 g/mol. The van der Waals surface area contributed by atoms with E-state index in [2.05, 4.69) is 24.2 Å². The summed E-state index contributed by atoms with van der Waals surface area (Å²) in [5, 5.41) is 8.15. The number of fused-ring (bicyclic) bond motifs is 1. The topological polar surface area (TPSA) is 62.3 Å². The van der Waals surface area contributed by atoms with Crippen LogP contribution in [-0.2, 0) is 11.2 Å². The van der Waals surface area contributed by atoms with Crippen LogP contribution in [0.4, 0.5) is 0 Å². The number of hydrogen-bond acceptors (Lipinski definition) is 2. The van der Waals surface area contributed by atoms with E-state index in [0.29, 0.717) is 0 Å². The van der Waals surface area contributed by atoms with Crippen LogP contribution in [0.15, 0.2) is 24.4 Å². The van der Waals surface area contributed by atoms with Crippen molar-refractivity contribution in [1.82, 2.24) is 4.98 Å². The van der Waals surface area contributed by atoms with Crippen LogP contribution in [0.3, 0.4) is 0 Å². The van der Waals surface area contributed by atoms with Crippen LogP contribution in [0.25, 0.3) is 10.9 Å². The van der Waals surface area contributed by atoms with Crippen LogP contribution in [-0.4, -0.2) is 23.7 Å². The number of ether oxygens (including phenoxy) is 1. The largest absolute Gasteiger partial charge is 0.497 e. The molecule has 0 aliphatic heterocycles. The summed E-state index contributed by atoms with van der Waals surface area (Å²) in [6.45, 7) is 1.90. The lowest BCUT2D eigenvalue weighted by atomic mass is 10.1. The second-order valence-corrected chi connectivity index (χ2v) is 3.18.